The molecular formula is C8H14ClNO. The van der Waals surface area contributed by atoms with Gasteiger partial charge < -0.3 is 5.32 Å². The Morgan fingerprint density at radius 2 is 2.36 bits per heavy atom. The van der Waals surface area contributed by atoms with Crippen LogP contribution in [0.5, 0.6) is 0 Å². The lowest BCUT2D eigenvalue weighted by Crippen LogP contribution is -2.31. The Morgan fingerprint density at radius 1 is 1.82 bits per heavy atom. The molecule has 3 unspecified atom stereocenters. The van der Waals surface area contributed by atoms with E-state index in [-0.39, 0.29) is 5.91 Å². The molecule has 1 aliphatic rings. The van der Waals surface area contributed by atoms with Crippen molar-refractivity contribution in [2.24, 2.45) is 11.8 Å². The summed E-state index contributed by atoms with van der Waals surface area (Å²) in [4.78, 5) is 10.9. The number of nitrogens with one attached hydrogen (secondary N) is 1. The van der Waals surface area contributed by atoms with Gasteiger partial charge in [-0.2, -0.15) is 0 Å². The lowest BCUT2D eigenvalue weighted by molar-refractivity contribution is -0.120. The van der Waals surface area contributed by atoms with Gasteiger partial charge in [-0.1, -0.05) is 6.92 Å². The summed E-state index contributed by atoms with van der Waals surface area (Å²) < 4.78 is 0. The molecular weight excluding hydrogens is 162 g/mol. The molecule has 0 aromatic carbocycles. The van der Waals surface area contributed by atoms with E-state index in [4.69, 9.17) is 11.6 Å². The van der Waals surface area contributed by atoms with Crippen LogP contribution >= 0.6 is 11.6 Å². The topological polar surface area (TPSA) is 29.1 Å². The predicted molar refractivity (Wildman–Crippen MR) is 45.6 cm³/mol. The molecule has 0 bridgehead atoms. The maximum absolute atomic E-state index is 10.9. The van der Waals surface area contributed by atoms with Crippen LogP contribution in [0.1, 0.15) is 20.3 Å². The molecule has 0 aromatic rings. The molecule has 1 fully saturated rings. The largest absolute Gasteiger partial charge is 0.355 e. The van der Waals surface area contributed by atoms with Crippen LogP contribution in [-0.4, -0.2) is 17.8 Å². The van der Waals surface area contributed by atoms with E-state index in [1.165, 1.54) is 6.42 Å². The van der Waals surface area contributed by atoms with Crippen LogP contribution in [0.4, 0.5) is 0 Å². The maximum Gasteiger partial charge on any atom is 0.237 e. The van der Waals surface area contributed by atoms with Crippen molar-refractivity contribution in [2.75, 3.05) is 6.54 Å². The van der Waals surface area contributed by atoms with Gasteiger partial charge in [0.05, 0.1) is 0 Å². The highest BCUT2D eigenvalue weighted by Gasteiger charge is 2.32. The molecule has 0 aromatic heterocycles. The van der Waals surface area contributed by atoms with Gasteiger partial charge in [0.1, 0.15) is 5.38 Å². The molecule has 0 radical (unpaired) electrons. The van der Waals surface area contributed by atoms with E-state index in [9.17, 15) is 4.79 Å². The van der Waals surface area contributed by atoms with Gasteiger partial charge in [0, 0.05) is 6.54 Å². The summed E-state index contributed by atoms with van der Waals surface area (Å²) in [5.41, 5.74) is 0. The van der Waals surface area contributed by atoms with Crippen molar-refractivity contribution >= 4 is 17.5 Å². The fraction of sp³-hybridized carbons (Fsp3) is 0.875. The Labute approximate surface area is 72.3 Å². The van der Waals surface area contributed by atoms with E-state index in [1.54, 1.807) is 6.92 Å². The first kappa shape index (κ1) is 8.85. The van der Waals surface area contributed by atoms with E-state index < -0.39 is 5.38 Å². The number of carbonyl (C=O) groups is 1. The molecule has 1 N–H and O–H groups in total. The monoisotopic (exact) mass is 175 g/mol. The zero-order valence-corrected chi connectivity index (χ0v) is 7.69. The van der Waals surface area contributed by atoms with Crippen LogP contribution in [0.15, 0.2) is 0 Å². The second-order valence-electron chi connectivity index (χ2n) is 3.33. The molecule has 0 saturated heterocycles. The molecule has 64 valence electrons. The minimum absolute atomic E-state index is 0.0502. The standard InChI is InChI=1S/C8H14ClNO/c1-5-3-7(5)4-10-8(11)6(2)9/h5-7H,3-4H2,1-2H3,(H,10,11). The van der Waals surface area contributed by atoms with Crippen LogP contribution in [-0.2, 0) is 4.79 Å². The van der Waals surface area contributed by atoms with Gasteiger partial charge in [-0.15, -0.1) is 11.6 Å². The van der Waals surface area contributed by atoms with Gasteiger partial charge >= 0.3 is 0 Å². The van der Waals surface area contributed by atoms with E-state index in [0.717, 1.165) is 12.5 Å². The fourth-order valence-electron chi connectivity index (χ4n) is 1.06. The van der Waals surface area contributed by atoms with Crippen LogP contribution in [0.25, 0.3) is 0 Å². The number of halogens is 1. The summed E-state index contributed by atoms with van der Waals surface area (Å²) in [7, 11) is 0. The Bertz CT molecular complexity index is 158. The second kappa shape index (κ2) is 3.44. The van der Waals surface area contributed by atoms with E-state index in [1.807, 2.05) is 0 Å². The molecule has 1 saturated carbocycles. The first-order chi connectivity index (χ1) is 5.11. The van der Waals surface area contributed by atoms with E-state index in [0.29, 0.717) is 5.92 Å². The molecule has 1 rings (SSSR count). The van der Waals surface area contributed by atoms with Gasteiger partial charge in [0.25, 0.3) is 0 Å². The summed E-state index contributed by atoms with van der Waals surface area (Å²) in [5.74, 6) is 1.45. The zero-order chi connectivity index (χ0) is 8.43. The highest BCUT2D eigenvalue weighted by atomic mass is 35.5. The molecule has 0 aliphatic heterocycles. The number of rotatable bonds is 3. The van der Waals surface area contributed by atoms with E-state index in [2.05, 4.69) is 12.2 Å². The molecule has 0 spiro atoms. The minimum atomic E-state index is -0.399. The highest BCUT2D eigenvalue weighted by molar-refractivity contribution is 6.30. The fourth-order valence-corrected chi connectivity index (χ4v) is 1.13. The number of hydrogen-bond donors (Lipinski definition) is 1. The average Bonchev–Trinajstić information content (AvgIpc) is 2.61. The Morgan fingerprint density at radius 3 is 2.73 bits per heavy atom. The third-order valence-electron chi connectivity index (χ3n) is 2.18. The summed E-state index contributed by atoms with van der Waals surface area (Å²) >= 11 is 5.56. The second-order valence-corrected chi connectivity index (χ2v) is 3.99. The SMILES string of the molecule is CC(Cl)C(=O)NCC1CC1C. The van der Waals surface area contributed by atoms with Crippen molar-refractivity contribution < 1.29 is 4.79 Å². The third kappa shape index (κ3) is 2.70. The highest BCUT2D eigenvalue weighted by Crippen LogP contribution is 2.36. The molecule has 1 aliphatic carbocycles. The van der Waals surface area contributed by atoms with Crippen molar-refractivity contribution in [3.05, 3.63) is 0 Å². The Kier molecular flexibility index (Phi) is 2.77. The molecule has 0 heterocycles. The molecule has 2 nitrogen and oxygen atoms in total. The molecule has 11 heavy (non-hydrogen) atoms. The number of hydrogen-bond acceptors (Lipinski definition) is 1. The van der Waals surface area contributed by atoms with Crippen molar-refractivity contribution in [1.82, 2.24) is 5.32 Å². The summed E-state index contributed by atoms with van der Waals surface area (Å²) in [5, 5.41) is 2.40. The number of alkyl halides is 1. The van der Waals surface area contributed by atoms with Gasteiger partial charge in [0.2, 0.25) is 5.91 Å². The summed E-state index contributed by atoms with van der Waals surface area (Å²) in [6.45, 7) is 4.69. The quantitative estimate of drug-likeness (QED) is 0.646. The lowest BCUT2D eigenvalue weighted by Gasteiger charge is -2.04. The first-order valence-corrected chi connectivity index (χ1v) is 4.46. The predicted octanol–water partition coefficient (Wildman–Crippen LogP) is 1.39. The number of carbonyl (C=O) groups excluding carboxylic acids is 1. The van der Waals surface area contributed by atoms with Crippen molar-refractivity contribution in [2.45, 2.75) is 25.6 Å². The van der Waals surface area contributed by atoms with Gasteiger partial charge in [-0.25, -0.2) is 0 Å². The lowest BCUT2D eigenvalue weighted by atomic mass is 10.3. The molecule has 3 heteroatoms. The Hall–Kier alpha value is -0.240. The first-order valence-electron chi connectivity index (χ1n) is 4.03. The molecule has 1 amide bonds. The normalized spacial score (nSPS) is 31.2. The minimum Gasteiger partial charge on any atom is -0.355 e. The van der Waals surface area contributed by atoms with E-state index >= 15 is 0 Å². The van der Waals surface area contributed by atoms with Crippen molar-refractivity contribution in [3.63, 3.8) is 0 Å². The third-order valence-corrected chi connectivity index (χ3v) is 2.37. The van der Waals surface area contributed by atoms with Gasteiger partial charge in [0.15, 0.2) is 0 Å². The average molecular weight is 176 g/mol. The van der Waals surface area contributed by atoms with Crippen LogP contribution in [0, 0.1) is 11.8 Å². The van der Waals surface area contributed by atoms with Crippen LogP contribution in [0.3, 0.4) is 0 Å². The van der Waals surface area contributed by atoms with Crippen molar-refractivity contribution in [3.8, 4) is 0 Å². The van der Waals surface area contributed by atoms with Crippen LogP contribution in [0.2, 0.25) is 0 Å². The smallest absolute Gasteiger partial charge is 0.237 e. The zero-order valence-electron chi connectivity index (χ0n) is 6.93. The van der Waals surface area contributed by atoms with Crippen molar-refractivity contribution in [1.29, 1.82) is 0 Å². The summed E-state index contributed by atoms with van der Waals surface area (Å²) in [6, 6.07) is 0. The van der Waals surface area contributed by atoms with Gasteiger partial charge in [-0.05, 0) is 25.2 Å². The van der Waals surface area contributed by atoms with Gasteiger partial charge in [-0.3, -0.25) is 4.79 Å². The van der Waals surface area contributed by atoms with Crippen LogP contribution < -0.4 is 5.32 Å². The molecule has 3 atom stereocenters. The summed E-state index contributed by atoms with van der Waals surface area (Å²) in [6.07, 6.45) is 1.25. The maximum atomic E-state index is 10.9. The Balaban J connectivity index is 2.07. The number of amides is 1.